The van der Waals surface area contributed by atoms with E-state index in [4.69, 9.17) is 0 Å². The van der Waals surface area contributed by atoms with Crippen LogP contribution in [0.5, 0.6) is 0 Å². The van der Waals surface area contributed by atoms with Crippen LogP contribution in [0.25, 0.3) is 0 Å². The van der Waals surface area contributed by atoms with Crippen LogP contribution >= 0.6 is 0 Å². The van der Waals surface area contributed by atoms with Gasteiger partial charge in [-0.2, -0.15) is 0 Å². The molecule has 4 rings (SSSR count). The van der Waals surface area contributed by atoms with Crippen LogP contribution in [0.4, 0.5) is 28.4 Å². The highest BCUT2D eigenvalue weighted by molar-refractivity contribution is 5.62. The van der Waals surface area contributed by atoms with Crippen LogP contribution in [-0.4, -0.2) is 0 Å². The number of para-hydroxylation sites is 1. The average molecular weight is 517 g/mol. The lowest BCUT2D eigenvalue weighted by molar-refractivity contribution is 0.863. The highest BCUT2D eigenvalue weighted by Gasteiger charge is 2.09. The van der Waals surface area contributed by atoms with Crippen molar-refractivity contribution in [3.8, 4) is 0 Å². The lowest BCUT2D eigenvalue weighted by Crippen LogP contribution is -2.09. The Hall–Kier alpha value is -4.44. The molecular formula is C35H40N4. The Kier molecular flexibility index (Phi) is 9.85. The highest BCUT2D eigenvalue weighted by atomic mass is 14.9. The molecule has 4 heteroatoms. The molecule has 0 heterocycles. The van der Waals surface area contributed by atoms with E-state index in [1.807, 2.05) is 25.1 Å². The van der Waals surface area contributed by atoms with Crippen molar-refractivity contribution in [1.29, 1.82) is 0 Å². The van der Waals surface area contributed by atoms with Crippen molar-refractivity contribution in [3.63, 3.8) is 0 Å². The van der Waals surface area contributed by atoms with E-state index in [9.17, 15) is 0 Å². The molecule has 0 aromatic heterocycles. The summed E-state index contributed by atoms with van der Waals surface area (Å²) in [5.41, 5.74) is 9.05. The summed E-state index contributed by atoms with van der Waals surface area (Å²) in [7, 11) is 0. The zero-order valence-electron chi connectivity index (χ0n) is 23.4. The number of hydrogen-bond donors (Lipinski definition) is 4. The molecule has 0 spiro atoms. The molecule has 2 atom stereocenters. The minimum Gasteiger partial charge on any atom is -0.379 e. The summed E-state index contributed by atoms with van der Waals surface area (Å²) in [6, 6.07) is 36.4. The molecule has 4 aromatic carbocycles. The van der Waals surface area contributed by atoms with Gasteiger partial charge in [-0.15, -0.1) is 0 Å². The van der Waals surface area contributed by atoms with Gasteiger partial charge in [0, 0.05) is 46.2 Å². The number of anilines is 5. The number of hydrogen-bond acceptors (Lipinski definition) is 4. The number of rotatable bonds is 12. The van der Waals surface area contributed by atoms with E-state index in [2.05, 4.69) is 145 Å². The first kappa shape index (κ1) is 27.6. The van der Waals surface area contributed by atoms with Gasteiger partial charge in [-0.25, -0.2) is 0 Å². The monoisotopic (exact) mass is 516 g/mol. The van der Waals surface area contributed by atoms with Gasteiger partial charge < -0.3 is 21.3 Å². The molecule has 4 aromatic rings. The highest BCUT2D eigenvalue weighted by Crippen LogP contribution is 2.26. The molecule has 39 heavy (non-hydrogen) atoms. The molecule has 4 nitrogen and oxygen atoms in total. The molecule has 4 N–H and O–H groups in total. The van der Waals surface area contributed by atoms with Crippen molar-refractivity contribution in [2.75, 3.05) is 21.3 Å². The van der Waals surface area contributed by atoms with Gasteiger partial charge >= 0.3 is 0 Å². The van der Waals surface area contributed by atoms with Crippen molar-refractivity contribution in [1.82, 2.24) is 0 Å². The van der Waals surface area contributed by atoms with Crippen molar-refractivity contribution in [3.05, 3.63) is 138 Å². The van der Waals surface area contributed by atoms with Crippen LogP contribution in [0.2, 0.25) is 0 Å². The Balaban J connectivity index is 1.29. The van der Waals surface area contributed by atoms with E-state index in [1.165, 1.54) is 11.1 Å². The summed E-state index contributed by atoms with van der Waals surface area (Å²) in [5.74, 6) is 0. The third kappa shape index (κ3) is 8.27. The molecule has 0 amide bonds. The second-order valence-electron chi connectivity index (χ2n) is 9.72. The smallest absolute Gasteiger partial charge is 0.0485 e. The SMILES string of the molecule is C/C=C(\C=C/CC)Nc1ccc(NC(C)c2ccc(C(C)Nc3ccc(Nc4ccccc4)cc3)cc2)cc1. The lowest BCUT2D eigenvalue weighted by atomic mass is 10.0. The van der Waals surface area contributed by atoms with Gasteiger partial charge in [-0.05, 0) is 105 Å². The van der Waals surface area contributed by atoms with Crippen molar-refractivity contribution >= 4 is 28.4 Å². The predicted molar refractivity (Wildman–Crippen MR) is 170 cm³/mol. The van der Waals surface area contributed by atoms with Crippen molar-refractivity contribution in [2.24, 2.45) is 0 Å². The third-order valence-corrected chi connectivity index (χ3v) is 6.67. The summed E-state index contributed by atoms with van der Waals surface area (Å²) >= 11 is 0. The second kappa shape index (κ2) is 13.9. The maximum atomic E-state index is 3.62. The lowest BCUT2D eigenvalue weighted by Gasteiger charge is -2.19. The normalized spacial score (nSPS) is 13.1. The molecule has 0 aliphatic heterocycles. The summed E-state index contributed by atoms with van der Waals surface area (Å²) in [4.78, 5) is 0. The molecule has 2 unspecified atom stereocenters. The summed E-state index contributed by atoms with van der Waals surface area (Å²) < 4.78 is 0. The zero-order chi connectivity index (χ0) is 27.5. The Morgan fingerprint density at radius 2 is 1.08 bits per heavy atom. The number of benzene rings is 4. The van der Waals surface area contributed by atoms with E-state index in [-0.39, 0.29) is 12.1 Å². The molecule has 0 saturated carbocycles. The minimum absolute atomic E-state index is 0.198. The van der Waals surface area contributed by atoms with Crippen LogP contribution in [0, 0.1) is 0 Å². The average Bonchev–Trinajstić information content (AvgIpc) is 2.97. The molecule has 200 valence electrons. The maximum absolute atomic E-state index is 3.62. The van der Waals surface area contributed by atoms with Crippen LogP contribution in [0.1, 0.15) is 57.3 Å². The van der Waals surface area contributed by atoms with Crippen LogP contribution in [0.15, 0.2) is 127 Å². The summed E-state index contributed by atoms with van der Waals surface area (Å²) in [6.45, 7) is 8.58. The molecule has 0 bridgehead atoms. The first-order chi connectivity index (χ1) is 19.0. The zero-order valence-corrected chi connectivity index (χ0v) is 23.4. The standard InChI is InChI=1S/C35H40N4/c1-5-7-11-30(6-2)38-34-22-18-32(19-23-34)36-26(3)28-14-16-29(17-15-28)27(4)37-33-20-24-35(25-21-33)39-31-12-9-8-10-13-31/h6-27,36-39H,5H2,1-4H3/b11-7-,30-6+. The van der Waals surface area contributed by atoms with E-state index in [1.54, 1.807) is 0 Å². The first-order valence-corrected chi connectivity index (χ1v) is 13.8. The van der Waals surface area contributed by atoms with Gasteiger partial charge in [-0.3, -0.25) is 0 Å². The van der Waals surface area contributed by atoms with Crippen LogP contribution in [-0.2, 0) is 0 Å². The summed E-state index contributed by atoms with van der Waals surface area (Å²) in [5, 5.41) is 14.1. The fourth-order valence-electron chi connectivity index (χ4n) is 4.35. The quantitative estimate of drug-likeness (QED) is 0.141. The maximum Gasteiger partial charge on any atom is 0.0485 e. The van der Waals surface area contributed by atoms with Crippen molar-refractivity contribution in [2.45, 2.75) is 46.2 Å². The van der Waals surface area contributed by atoms with Gasteiger partial charge in [0.1, 0.15) is 0 Å². The Morgan fingerprint density at radius 3 is 1.56 bits per heavy atom. The first-order valence-electron chi connectivity index (χ1n) is 13.8. The van der Waals surface area contributed by atoms with E-state index in [0.717, 1.165) is 40.6 Å². The fraction of sp³-hybridized carbons (Fsp3) is 0.200. The predicted octanol–water partition coefficient (Wildman–Crippen LogP) is 10.1. The van der Waals surface area contributed by atoms with Gasteiger partial charge in [0.05, 0.1) is 0 Å². The fourth-order valence-corrected chi connectivity index (χ4v) is 4.35. The number of allylic oxidation sites excluding steroid dienone is 3. The Morgan fingerprint density at radius 1 is 0.615 bits per heavy atom. The van der Waals surface area contributed by atoms with Gasteiger partial charge in [0.25, 0.3) is 0 Å². The largest absolute Gasteiger partial charge is 0.379 e. The van der Waals surface area contributed by atoms with E-state index < -0.39 is 0 Å². The summed E-state index contributed by atoms with van der Waals surface area (Å²) in [6.07, 6.45) is 7.39. The minimum atomic E-state index is 0.198. The van der Waals surface area contributed by atoms with Crippen LogP contribution < -0.4 is 21.3 Å². The second-order valence-corrected chi connectivity index (χ2v) is 9.72. The molecule has 0 aliphatic rings. The number of nitrogens with one attached hydrogen (secondary N) is 4. The van der Waals surface area contributed by atoms with Gasteiger partial charge in [-0.1, -0.05) is 61.5 Å². The molecule has 0 saturated heterocycles. The van der Waals surface area contributed by atoms with Crippen LogP contribution in [0.3, 0.4) is 0 Å². The molecule has 0 aliphatic carbocycles. The van der Waals surface area contributed by atoms with E-state index >= 15 is 0 Å². The van der Waals surface area contributed by atoms with Gasteiger partial charge in [0.15, 0.2) is 0 Å². The van der Waals surface area contributed by atoms with Crippen molar-refractivity contribution < 1.29 is 0 Å². The topological polar surface area (TPSA) is 48.1 Å². The molecule has 0 radical (unpaired) electrons. The van der Waals surface area contributed by atoms with Gasteiger partial charge in [0.2, 0.25) is 0 Å². The molecular weight excluding hydrogens is 476 g/mol. The molecule has 0 fully saturated rings. The Labute approximate surface area is 233 Å². The van der Waals surface area contributed by atoms with E-state index in [0.29, 0.717) is 0 Å². The third-order valence-electron chi connectivity index (χ3n) is 6.67. The Bertz CT molecular complexity index is 1340.